The summed E-state index contributed by atoms with van der Waals surface area (Å²) in [6.07, 6.45) is 3.96. The van der Waals surface area contributed by atoms with Gasteiger partial charge in [0, 0.05) is 54.3 Å². The summed E-state index contributed by atoms with van der Waals surface area (Å²) in [4.78, 5) is 16.5. The molecule has 2 saturated heterocycles. The lowest BCUT2D eigenvalue weighted by molar-refractivity contribution is -0.130. The second kappa shape index (κ2) is 8.89. The summed E-state index contributed by atoms with van der Waals surface area (Å²) in [7, 11) is 0. The minimum atomic E-state index is 0.122. The first-order valence-corrected chi connectivity index (χ1v) is 12.6. The van der Waals surface area contributed by atoms with E-state index in [1.54, 1.807) is 6.92 Å². The van der Waals surface area contributed by atoms with Gasteiger partial charge in [0.15, 0.2) is 5.82 Å². The molecule has 0 spiro atoms. The van der Waals surface area contributed by atoms with Crippen molar-refractivity contribution in [2.45, 2.75) is 65.6 Å². The van der Waals surface area contributed by atoms with Gasteiger partial charge in [0.1, 0.15) is 0 Å². The molecule has 3 aromatic rings. The van der Waals surface area contributed by atoms with Crippen molar-refractivity contribution in [1.82, 2.24) is 30.2 Å². The number of carbonyl (C=O) groups excluding carboxylic acids is 1. The van der Waals surface area contributed by atoms with Crippen molar-refractivity contribution in [3.8, 4) is 11.1 Å². The third kappa shape index (κ3) is 3.77. The summed E-state index contributed by atoms with van der Waals surface area (Å²) < 4.78 is 2.23. The molecule has 182 valence electrons. The average molecular weight is 484 g/mol. The molecule has 2 aliphatic rings. The summed E-state index contributed by atoms with van der Waals surface area (Å²) in [5.74, 6) is 1.08. The van der Waals surface area contributed by atoms with Gasteiger partial charge < -0.3 is 15.1 Å². The number of aryl methyl sites for hydroxylation is 1. The molecule has 4 heterocycles. The van der Waals surface area contributed by atoms with E-state index < -0.39 is 0 Å². The van der Waals surface area contributed by atoms with Gasteiger partial charge in [0.25, 0.3) is 0 Å². The van der Waals surface area contributed by atoms with Crippen molar-refractivity contribution in [2.75, 3.05) is 31.1 Å². The van der Waals surface area contributed by atoms with E-state index in [9.17, 15) is 4.79 Å². The van der Waals surface area contributed by atoms with Gasteiger partial charge >= 0.3 is 0 Å². The van der Waals surface area contributed by atoms with Crippen LogP contribution in [0.1, 0.15) is 50.9 Å². The Labute approximate surface area is 205 Å². The quantitative estimate of drug-likeness (QED) is 0.587. The van der Waals surface area contributed by atoms with E-state index in [-0.39, 0.29) is 18.0 Å². The first-order chi connectivity index (χ1) is 16.3. The molecule has 5 rings (SSSR count). The Morgan fingerprint density at radius 3 is 2.44 bits per heavy atom. The van der Waals surface area contributed by atoms with Crippen LogP contribution in [0.5, 0.6) is 0 Å². The maximum Gasteiger partial charge on any atom is 0.219 e. The number of aromatic amines is 1. The van der Waals surface area contributed by atoms with Crippen LogP contribution in [0, 0.1) is 13.8 Å². The highest BCUT2D eigenvalue weighted by Gasteiger charge is 2.36. The molecule has 0 saturated carbocycles. The number of nitrogens with one attached hydrogen (secondary N) is 2. The number of piperazine rings is 1. The summed E-state index contributed by atoms with van der Waals surface area (Å²) in [5.41, 5.74) is 5.18. The Morgan fingerprint density at radius 2 is 1.79 bits per heavy atom. The summed E-state index contributed by atoms with van der Waals surface area (Å²) in [5, 5.41) is 17.9. The van der Waals surface area contributed by atoms with Gasteiger partial charge in [-0.05, 0) is 65.3 Å². The van der Waals surface area contributed by atoms with Crippen molar-refractivity contribution in [3.63, 3.8) is 0 Å². The zero-order valence-electron chi connectivity index (χ0n) is 20.7. The molecule has 2 fully saturated rings. The van der Waals surface area contributed by atoms with Crippen LogP contribution in [0.2, 0.25) is 5.02 Å². The van der Waals surface area contributed by atoms with Crippen molar-refractivity contribution < 1.29 is 4.79 Å². The Bertz CT molecular complexity index is 1210. The fraction of sp³-hybridized carbons (Fsp3) is 0.560. The Kier molecular flexibility index (Phi) is 6.06. The number of carbonyl (C=O) groups is 1. The number of anilines is 1. The summed E-state index contributed by atoms with van der Waals surface area (Å²) in [6.45, 7) is 13.6. The molecule has 2 atom stereocenters. The molecular weight excluding hydrogens is 450 g/mol. The van der Waals surface area contributed by atoms with E-state index in [0.717, 1.165) is 70.1 Å². The molecule has 9 heteroatoms. The Morgan fingerprint density at radius 1 is 1.12 bits per heavy atom. The van der Waals surface area contributed by atoms with Crippen molar-refractivity contribution in [1.29, 1.82) is 0 Å². The Balaban J connectivity index is 1.72. The molecule has 2 aromatic heterocycles. The van der Waals surface area contributed by atoms with E-state index in [1.807, 2.05) is 18.0 Å². The van der Waals surface area contributed by atoms with E-state index in [4.69, 9.17) is 16.7 Å². The van der Waals surface area contributed by atoms with Crippen molar-refractivity contribution in [3.05, 3.63) is 28.5 Å². The summed E-state index contributed by atoms with van der Waals surface area (Å²) >= 11 is 7.02. The van der Waals surface area contributed by atoms with E-state index in [2.05, 4.69) is 51.9 Å². The molecule has 2 N–H and O–H groups in total. The highest BCUT2D eigenvalue weighted by molar-refractivity contribution is 6.36. The molecule has 34 heavy (non-hydrogen) atoms. The second-order valence-electron chi connectivity index (χ2n) is 9.95. The predicted octanol–water partition coefficient (Wildman–Crippen LogP) is 4.07. The number of fused-ring (bicyclic) bond motifs is 1. The molecule has 1 aromatic carbocycles. The topological polar surface area (TPSA) is 82.1 Å². The maximum atomic E-state index is 12.1. The number of rotatable bonds is 3. The highest BCUT2D eigenvalue weighted by Crippen LogP contribution is 2.45. The van der Waals surface area contributed by atoms with Crippen LogP contribution in [0.3, 0.4) is 0 Å². The average Bonchev–Trinajstić information content (AvgIpc) is 3.39. The van der Waals surface area contributed by atoms with Gasteiger partial charge in [0.05, 0.1) is 22.8 Å². The zero-order chi connectivity index (χ0) is 24.1. The number of aromatic nitrogens is 4. The largest absolute Gasteiger partial charge is 0.346 e. The predicted molar refractivity (Wildman–Crippen MR) is 137 cm³/mol. The van der Waals surface area contributed by atoms with Crippen LogP contribution >= 0.6 is 11.6 Å². The molecular formula is C25H34ClN7O. The van der Waals surface area contributed by atoms with Gasteiger partial charge in [0.2, 0.25) is 5.91 Å². The lowest BCUT2D eigenvalue weighted by atomic mass is 9.97. The van der Waals surface area contributed by atoms with Gasteiger partial charge in [-0.1, -0.05) is 11.6 Å². The molecule has 0 radical (unpaired) electrons. The van der Waals surface area contributed by atoms with Crippen LogP contribution in [0.15, 0.2) is 12.3 Å². The lowest BCUT2D eigenvalue weighted by Gasteiger charge is -2.45. The van der Waals surface area contributed by atoms with Crippen molar-refractivity contribution >= 4 is 34.2 Å². The smallest absolute Gasteiger partial charge is 0.219 e. The highest BCUT2D eigenvalue weighted by atomic mass is 35.5. The van der Waals surface area contributed by atoms with E-state index in [0.29, 0.717) is 19.1 Å². The normalized spacial score (nSPS) is 22.1. The maximum absolute atomic E-state index is 12.1. The molecule has 8 nitrogen and oxygen atoms in total. The number of amides is 1. The van der Waals surface area contributed by atoms with Crippen LogP contribution in [0.25, 0.3) is 22.0 Å². The van der Waals surface area contributed by atoms with Gasteiger partial charge in [-0.15, -0.1) is 0 Å². The first-order valence-electron chi connectivity index (χ1n) is 12.2. The number of nitrogens with zero attached hydrogens (tertiary/aromatic N) is 5. The third-order valence-electron chi connectivity index (χ3n) is 7.51. The summed E-state index contributed by atoms with van der Waals surface area (Å²) in [6, 6.07) is 2.66. The fourth-order valence-electron chi connectivity index (χ4n) is 5.83. The number of halogens is 1. The second-order valence-corrected chi connectivity index (χ2v) is 10.3. The number of H-pyrrole nitrogens is 1. The van der Waals surface area contributed by atoms with Crippen LogP contribution in [0.4, 0.5) is 5.82 Å². The van der Waals surface area contributed by atoms with Crippen molar-refractivity contribution in [2.24, 2.45) is 0 Å². The number of hydrogen-bond donors (Lipinski definition) is 2. The number of piperidine rings is 1. The van der Waals surface area contributed by atoms with Gasteiger partial charge in [-0.2, -0.15) is 10.2 Å². The Hall–Kier alpha value is -2.58. The van der Waals surface area contributed by atoms with E-state index in [1.165, 1.54) is 0 Å². The van der Waals surface area contributed by atoms with Crippen LogP contribution < -0.4 is 10.2 Å². The molecule has 0 aliphatic carbocycles. The lowest BCUT2D eigenvalue weighted by Crippen LogP contribution is -2.58. The number of benzene rings is 1. The zero-order valence-corrected chi connectivity index (χ0v) is 21.4. The van der Waals surface area contributed by atoms with Gasteiger partial charge in [-0.25, -0.2) is 0 Å². The number of hydrogen-bond acceptors (Lipinski definition) is 5. The molecule has 0 bridgehead atoms. The monoisotopic (exact) mass is 483 g/mol. The first kappa shape index (κ1) is 23.2. The molecule has 1 amide bonds. The third-order valence-corrected chi connectivity index (χ3v) is 8.00. The molecule has 2 aliphatic heterocycles. The molecule has 0 unspecified atom stereocenters. The minimum Gasteiger partial charge on any atom is -0.346 e. The van der Waals surface area contributed by atoms with Crippen LogP contribution in [-0.2, 0) is 4.79 Å². The van der Waals surface area contributed by atoms with Crippen LogP contribution in [-0.4, -0.2) is 69.0 Å². The minimum absolute atomic E-state index is 0.122. The standard InChI is InChI=1S/C25H34ClN7O/c1-14-10-21-20(11-28-29-21)23(24(14)26)22-17(4)33(19-6-8-27-9-7-19)30-25(22)32-15(2)12-31(18(5)34)13-16(32)3/h10-11,15-16,19,27H,6-9,12-13H2,1-5H3,(H,28,29)/t15-,16+. The van der Waals surface area contributed by atoms with Gasteiger partial charge in [-0.3, -0.25) is 14.6 Å². The fourth-order valence-corrected chi connectivity index (χ4v) is 6.08. The SMILES string of the molecule is CC(=O)N1C[C@@H](C)N(c2nn(C3CCNCC3)c(C)c2-c2c(Cl)c(C)cc3[nH]ncc23)[C@@H](C)C1. The van der Waals surface area contributed by atoms with E-state index >= 15 is 0 Å².